The summed E-state index contributed by atoms with van der Waals surface area (Å²) in [5.41, 5.74) is 6.33. The maximum absolute atomic E-state index is 12.4. The van der Waals surface area contributed by atoms with Gasteiger partial charge in [0.1, 0.15) is 5.75 Å². The van der Waals surface area contributed by atoms with Crippen LogP contribution in [0.5, 0.6) is 17.2 Å². The van der Waals surface area contributed by atoms with Crippen LogP contribution in [0.4, 0.5) is 5.69 Å². The highest BCUT2D eigenvalue weighted by Crippen LogP contribution is 2.27. The summed E-state index contributed by atoms with van der Waals surface area (Å²) < 4.78 is 16.2. The summed E-state index contributed by atoms with van der Waals surface area (Å²) in [5.74, 6) is 0.637. The smallest absolute Gasteiger partial charge is 0.275 e. The van der Waals surface area contributed by atoms with Crippen molar-refractivity contribution in [1.29, 1.82) is 0 Å². The first kappa shape index (κ1) is 24.3. The number of amides is 2. The van der Waals surface area contributed by atoms with Crippen LogP contribution in [-0.4, -0.2) is 38.9 Å². The lowest BCUT2D eigenvalue weighted by Crippen LogP contribution is -2.20. The van der Waals surface area contributed by atoms with Crippen molar-refractivity contribution < 1.29 is 23.8 Å². The number of nitrogens with one attached hydrogen (secondary N) is 2. The molecule has 0 spiro atoms. The molecule has 176 valence electrons. The van der Waals surface area contributed by atoms with Gasteiger partial charge in [-0.25, -0.2) is 5.43 Å². The zero-order chi connectivity index (χ0) is 24.5. The van der Waals surface area contributed by atoms with Crippen LogP contribution in [0, 0.1) is 13.8 Å². The van der Waals surface area contributed by atoms with Crippen LogP contribution in [0.15, 0.2) is 65.8 Å². The Morgan fingerprint density at radius 3 is 2.26 bits per heavy atom. The Morgan fingerprint density at radius 1 is 0.853 bits per heavy atom. The van der Waals surface area contributed by atoms with E-state index in [-0.39, 0.29) is 18.4 Å². The Morgan fingerprint density at radius 2 is 1.56 bits per heavy atom. The zero-order valence-corrected chi connectivity index (χ0v) is 19.5. The van der Waals surface area contributed by atoms with Gasteiger partial charge in [-0.2, -0.15) is 5.10 Å². The monoisotopic (exact) mass is 461 g/mol. The van der Waals surface area contributed by atoms with Gasteiger partial charge in [0.2, 0.25) is 0 Å². The molecule has 3 aromatic carbocycles. The largest absolute Gasteiger partial charge is 0.496 e. The van der Waals surface area contributed by atoms with E-state index < -0.39 is 0 Å². The minimum Gasteiger partial charge on any atom is -0.496 e. The third-order valence-electron chi connectivity index (χ3n) is 4.86. The highest BCUT2D eigenvalue weighted by atomic mass is 16.5. The second-order valence-electron chi connectivity index (χ2n) is 7.52. The van der Waals surface area contributed by atoms with Gasteiger partial charge in [0.05, 0.1) is 26.0 Å². The van der Waals surface area contributed by atoms with Crippen molar-refractivity contribution in [2.75, 3.05) is 26.1 Å². The average Bonchev–Trinajstić information content (AvgIpc) is 2.84. The lowest BCUT2D eigenvalue weighted by molar-refractivity contribution is -0.118. The first-order valence-corrected chi connectivity index (χ1v) is 10.5. The minimum absolute atomic E-state index is 0.174. The summed E-state index contributed by atoms with van der Waals surface area (Å²) in [6.45, 7) is 3.72. The highest BCUT2D eigenvalue weighted by molar-refractivity contribution is 5.97. The quantitative estimate of drug-likeness (QED) is 0.369. The molecule has 0 radical (unpaired) electrons. The molecule has 8 heteroatoms. The molecule has 3 rings (SSSR count). The second kappa shape index (κ2) is 11.5. The fraction of sp³-hybridized carbons (Fsp3) is 0.192. The van der Waals surface area contributed by atoms with Crippen molar-refractivity contribution in [1.82, 2.24) is 5.43 Å². The van der Waals surface area contributed by atoms with E-state index in [0.717, 1.165) is 11.1 Å². The third kappa shape index (κ3) is 6.59. The van der Waals surface area contributed by atoms with Gasteiger partial charge in [-0.1, -0.05) is 23.8 Å². The summed E-state index contributed by atoms with van der Waals surface area (Å²) >= 11 is 0. The van der Waals surface area contributed by atoms with Gasteiger partial charge in [0.15, 0.2) is 18.1 Å². The van der Waals surface area contributed by atoms with Crippen LogP contribution >= 0.6 is 0 Å². The number of carbonyl (C=O) groups is 2. The Balaban J connectivity index is 1.58. The number of rotatable bonds is 9. The maximum atomic E-state index is 12.4. The molecule has 0 aliphatic rings. The molecule has 8 nitrogen and oxygen atoms in total. The predicted octanol–water partition coefficient (Wildman–Crippen LogP) is 4.10. The highest BCUT2D eigenvalue weighted by Gasteiger charge is 2.12. The van der Waals surface area contributed by atoms with Crippen LogP contribution in [0.25, 0.3) is 0 Å². The lowest BCUT2D eigenvalue weighted by atomic mass is 10.1. The van der Waals surface area contributed by atoms with Crippen molar-refractivity contribution in [3.8, 4) is 17.2 Å². The Kier molecular flexibility index (Phi) is 8.23. The first-order chi connectivity index (χ1) is 16.4. The third-order valence-corrected chi connectivity index (χ3v) is 4.86. The van der Waals surface area contributed by atoms with Crippen LogP contribution in [0.3, 0.4) is 0 Å². The molecule has 2 N–H and O–H groups in total. The number of carbonyl (C=O) groups excluding carboxylic acids is 2. The van der Waals surface area contributed by atoms with Crippen LogP contribution < -0.4 is 25.0 Å². The number of hydrazone groups is 1. The summed E-state index contributed by atoms with van der Waals surface area (Å²) in [6.07, 6.45) is 1.48. The maximum Gasteiger partial charge on any atom is 0.275 e. The van der Waals surface area contributed by atoms with Gasteiger partial charge in [-0.05, 0) is 67.4 Å². The molecule has 34 heavy (non-hydrogen) atoms. The number of methoxy groups -OCH3 is 2. The number of anilines is 1. The van der Waals surface area contributed by atoms with E-state index in [1.54, 1.807) is 30.3 Å². The summed E-state index contributed by atoms with van der Waals surface area (Å²) in [5, 5.41) is 6.78. The van der Waals surface area contributed by atoms with Gasteiger partial charge in [-0.3, -0.25) is 9.59 Å². The normalized spacial score (nSPS) is 10.6. The first-order valence-electron chi connectivity index (χ1n) is 10.5. The number of hydrogen-bond acceptors (Lipinski definition) is 6. The Labute approximate surface area is 198 Å². The number of ether oxygens (including phenoxy) is 3. The predicted molar refractivity (Wildman–Crippen MR) is 131 cm³/mol. The molecule has 0 heterocycles. The number of hydrogen-bond donors (Lipinski definition) is 2. The molecule has 3 aromatic rings. The molecule has 2 amide bonds. The van der Waals surface area contributed by atoms with E-state index in [1.807, 2.05) is 44.2 Å². The molecular formula is C26H27N3O5. The number of nitrogens with zero attached hydrogens (tertiary/aromatic N) is 1. The molecular weight excluding hydrogens is 434 g/mol. The molecule has 0 saturated carbocycles. The van der Waals surface area contributed by atoms with Crippen LogP contribution in [0.2, 0.25) is 0 Å². The fourth-order valence-corrected chi connectivity index (χ4v) is 3.07. The van der Waals surface area contributed by atoms with Crippen molar-refractivity contribution in [2.24, 2.45) is 5.10 Å². The Bertz CT molecular complexity index is 1190. The van der Waals surface area contributed by atoms with Crippen molar-refractivity contribution in [2.45, 2.75) is 13.8 Å². The van der Waals surface area contributed by atoms with E-state index in [9.17, 15) is 9.59 Å². The summed E-state index contributed by atoms with van der Waals surface area (Å²) in [6, 6.07) is 17.9. The standard InChI is InChI=1S/C26H27N3O5/c1-17-5-9-20(10-6-17)28-25(30)16-34-22-12-8-19(14-24(22)33-4)15-27-29-26(31)21-11-7-18(2)13-23(21)32-3/h5-15H,16H2,1-4H3,(H,28,30)(H,29,31)/b27-15+. The van der Waals surface area contributed by atoms with E-state index >= 15 is 0 Å². The molecule has 0 aliphatic heterocycles. The fourth-order valence-electron chi connectivity index (χ4n) is 3.07. The van der Waals surface area contributed by atoms with E-state index in [1.165, 1.54) is 20.4 Å². The van der Waals surface area contributed by atoms with Gasteiger partial charge < -0.3 is 19.5 Å². The van der Waals surface area contributed by atoms with Crippen LogP contribution in [0.1, 0.15) is 27.0 Å². The molecule has 0 atom stereocenters. The summed E-state index contributed by atoms with van der Waals surface area (Å²) in [7, 11) is 3.01. The van der Waals surface area contributed by atoms with E-state index in [4.69, 9.17) is 14.2 Å². The van der Waals surface area contributed by atoms with Crippen molar-refractivity contribution >= 4 is 23.7 Å². The van der Waals surface area contributed by atoms with Crippen molar-refractivity contribution in [3.05, 3.63) is 82.9 Å². The topological polar surface area (TPSA) is 98.2 Å². The molecule has 0 bridgehead atoms. The van der Waals surface area contributed by atoms with Gasteiger partial charge in [0.25, 0.3) is 11.8 Å². The van der Waals surface area contributed by atoms with E-state index in [2.05, 4.69) is 15.8 Å². The summed E-state index contributed by atoms with van der Waals surface area (Å²) in [4.78, 5) is 24.6. The van der Waals surface area contributed by atoms with Crippen molar-refractivity contribution in [3.63, 3.8) is 0 Å². The van der Waals surface area contributed by atoms with Crippen LogP contribution in [-0.2, 0) is 4.79 Å². The minimum atomic E-state index is -0.389. The molecule has 0 aromatic heterocycles. The lowest BCUT2D eigenvalue weighted by Gasteiger charge is -2.11. The molecule has 0 aliphatic carbocycles. The SMILES string of the molecule is COc1cc(/C=N/NC(=O)c2ccc(C)cc2OC)ccc1OCC(=O)Nc1ccc(C)cc1. The molecule has 0 saturated heterocycles. The van der Waals surface area contributed by atoms with Gasteiger partial charge >= 0.3 is 0 Å². The van der Waals surface area contributed by atoms with Gasteiger partial charge in [0, 0.05) is 5.69 Å². The zero-order valence-electron chi connectivity index (χ0n) is 19.5. The van der Waals surface area contributed by atoms with Gasteiger partial charge in [-0.15, -0.1) is 0 Å². The molecule has 0 unspecified atom stereocenters. The molecule has 0 fully saturated rings. The number of aryl methyl sites for hydroxylation is 2. The van der Waals surface area contributed by atoms with E-state index in [0.29, 0.717) is 34.1 Å². The number of benzene rings is 3. The second-order valence-corrected chi connectivity index (χ2v) is 7.52. The average molecular weight is 462 g/mol. The Hall–Kier alpha value is -4.33.